The molecule has 0 saturated heterocycles. The van der Waals surface area contributed by atoms with Crippen molar-refractivity contribution in [3.8, 4) is 11.3 Å². The summed E-state index contributed by atoms with van der Waals surface area (Å²) in [6, 6.07) is 25.1. The molecule has 0 spiro atoms. The maximum Gasteiger partial charge on any atom is 0.252 e. The molecule has 29 heavy (non-hydrogen) atoms. The van der Waals surface area contributed by atoms with Gasteiger partial charge in [-0.1, -0.05) is 71.8 Å². The van der Waals surface area contributed by atoms with Crippen LogP contribution < -0.4 is 5.32 Å². The molecule has 0 saturated carbocycles. The summed E-state index contributed by atoms with van der Waals surface area (Å²) in [6.45, 7) is 3.99. The maximum atomic E-state index is 13.3. The first-order valence-electron chi connectivity index (χ1n) is 9.55. The highest BCUT2D eigenvalue weighted by Gasteiger charge is 2.17. The molecule has 3 aromatic carbocycles. The summed E-state index contributed by atoms with van der Waals surface area (Å²) in [4.78, 5) is 18.0. The number of amides is 1. The SMILES string of the molecule is Cc1ccc2nc(-c3ccccc3Cl)cc(C(=O)NC(C)c3ccccc3)c2c1. The van der Waals surface area contributed by atoms with Gasteiger partial charge >= 0.3 is 0 Å². The Morgan fingerprint density at radius 1 is 0.966 bits per heavy atom. The molecule has 4 aromatic rings. The predicted octanol–water partition coefficient (Wildman–Crippen LogP) is 6.35. The summed E-state index contributed by atoms with van der Waals surface area (Å²) < 4.78 is 0. The topological polar surface area (TPSA) is 42.0 Å². The van der Waals surface area contributed by atoms with Gasteiger partial charge in [0.2, 0.25) is 0 Å². The molecule has 4 heteroatoms. The van der Waals surface area contributed by atoms with Crippen molar-refractivity contribution in [3.63, 3.8) is 0 Å². The lowest BCUT2D eigenvalue weighted by atomic mass is 10.0. The van der Waals surface area contributed by atoms with Gasteiger partial charge in [-0.25, -0.2) is 4.98 Å². The minimum Gasteiger partial charge on any atom is -0.345 e. The van der Waals surface area contributed by atoms with Gasteiger partial charge in [-0.2, -0.15) is 0 Å². The summed E-state index contributed by atoms with van der Waals surface area (Å²) in [5, 5.41) is 4.56. The summed E-state index contributed by atoms with van der Waals surface area (Å²) in [5.41, 5.74) is 4.99. The molecule has 3 nitrogen and oxygen atoms in total. The molecule has 144 valence electrons. The van der Waals surface area contributed by atoms with Crippen molar-refractivity contribution in [2.45, 2.75) is 19.9 Å². The van der Waals surface area contributed by atoms with Crippen LogP contribution in [0.1, 0.15) is 34.5 Å². The number of hydrogen-bond acceptors (Lipinski definition) is 2. The molecule has 0 aliphatic carbocycles. The van der Waals surface area contributed by atoms with Crippen LogP contribution in [0, 0.1) is 6.92 Å². The van der Waals surface area contributed by atoms with Crippen molar-refractivity contribution in [1.29, 1.82) is 0 Å². The molecule has 4 rings (SSSR count). The fourth-order valence-electron chi connectivity index (χ4n) is 3.43. The van der Waals surface area contributed by atoms with E-state index in [0.29, 0.717) is 16.3 Å². The lowest BCUT2D eigenvalue weighted by Crippen LogP contribution is -2.27. The normalized spacial score (nSPS) is 12.0. The van der Waals surface area contributed by atoms with E-state index in [1.165, 1.54) is 0 Å². The average Bonchev–Trinajstić information content (AvgIpc) is 2.74. The lowest BCUT2D eigenvalue weighted by Gasteiger charge is -2.16. The van der Waals surface area contributed by atoms with Gasteiger partial charge in [0.25, 0.3) is 5.91 Å². The highest BCUT2D eigenvalue weighted by Crippen LogP contribution is 2.30. The van der Waals surface area contributed by atoms with Crippen LogP contribution >= 0.6 is 11.6 Å². The first-order chi connectivity index (χ1) is 14.0. The van der Waals surface area contributed by atoms with Crippen molar-refractivity contribution in [2.75, 3.05) is 0 Å². The molecule has 0 radical (unpaired) electrons. The van der Waals surface area contributed by atoms with E-state index < -0.39 is 0 Å². The molecule has 1 N–H and O–H groups in total. The molecule has 1 heterocycles. The van der Waals surface area contributed by atoms with Gasteiger partial charge in [0.1, 0.15) is 0 Å². The van der Waals surface area contributed by atoms with Crippen molar-refractivity contribution >= 4 is 28.4 Å². The number of aryl methyl sites for hydroxylation is 1. The van der Waals surface area contributed by atoms with Crippen LogP contribution in [0.2, 0.25) is 5.02 Å². The third kappa shape index (κ3) is 4.01. The third-order valence-corrected chi connectivity index (χ3v) is 5.34. The van der Waals surface area contributed by atoms with E-state index in [4.69, 9.17) is 16.6 Å². The van der Waals surface area contributed by atoms with Gasteiger partial charge in [0, 0.05) is 16.0 Å². The predicted molar refractivity (Wildman–Crippen MR) is 119 cm³/mol. The molecule has 0 bridgehead atoms. The summed E-state index contributed by atoms with van der Waals surface area (Å²) in [6.07, 6.45) is 0. The zero-order valence-electron chi connectivity index (χ0n) is 16.3. The number of nitrogens with zero attached hydrogens (tertiary/aromatic N) is 1. The Morgan fingerprint density at radius 3 is 2.45 bits per heavy atom. The first kappa shape index (κ1) is 19.2. The monoisotopic (exact) mass is 400 g/mol. The zero-order chi connectivity index (χ0) is 20.4. The standard InChI is InChI=1S/C25H21ClN2O/c1-16-12-13-23-20(14-16)21(15-24(28-23)19-10-6-7-11-22(19)26)25(29)27-17(2)18-8-4-3-5-9-18/h3-15,17H,1-2H3,(H,27,29). The second kappa shape index (κ2) is 8.06. The molecule has 1 amide bonds. The Labute approximate surface area is 175 Å². The van der Waals surface area contributed by atoms with Crippen LogP contribution in [-0.2, 0) is 0 Å². The van der Waals surface area contributed by atoms with Gasteiger partial charge in [-0.05, 0) is 43.7 Å². The Hall–Kier alpha value is -3.17. The van der Waals surface area contributed by atoms with Crippen molar-refractivity contribution < 1.29 is 4.79 Å². The van der Waals surface area contributed by atoms with E-state index in [1.54, 1.807) is 0 Å². The maximum absolute atomic E-state index is 13.3. The second-order valence-electron chi connectivity index (χ2n) is 7.16. The van der Waals surface area contributed by atoms with E-state index in [2.05, 4.69) is 5.32 Å². The zero-order valence-corrected chi connectivity index (χ0v) is 17.1. The number of hydrogen-bond donors (Lipinski definition) is 1. The number of nitrogens with one attached hydrogen (secondary N) is 1. The van der Waals surface area contributed by atoms with Gasteiger partial charge in [-0.3, -0.25) is 4.79 Å². The fourth-order valence-corrected chi connectivity index (χ4v) is 3.67. The minimum absolute atomic E-state index is 0.111. The van der Waals surface area contributed by atoms with Crippen LogP contribution in [0.25, 0.3) is 22.2 Å². The molecule has 1 unspecified atom stereocenters. The number of aromatic nitrogens is 1. The number of carbonyl (C=O) groups excluding carboxylic acids is 1. The second-order valence-corrected chi connectivity index (χ2v) is 7.57. The van der Waals surface area contributed by atoms with Crippen molar-refractivity contribution in [1.82, 2.24) is 10.3 Å². The number of fused-ring (bicyclic) bond motifs is 1. The number of rotatable bonds is 4. The summed E-state index contributed by atoms with van der Waals surface area (Å²) >= 11 is 6.39. The Bertz CT molecular complexity index is 1190. The Morgan fingerprint density at radius 2 is 1.69 bits per heavy atom. The summed E-state index contributed by atoms with van der Waals surface area (Å²) in [7, 11) is 0. The average molecular weight is 401 g/mol. The van der Waals surface area contributed by atoms with Gasteiger partial charge in [-0.15, -0.1) is 0 Å². The molecular formula is C25H21ClN2O. The molecule has 1 aromatic heterocycles. The highest BCUT2D eigenvalue weighted by molar-refractivity contribution is 6.33. The van der Waals surface area contributed by atoms with Gasteiger partial charge in [0.05, 0.1) is 22.8 Å². The Kier molecular flexibility index (Phi) is 5.32. The molecule has 0 aliphatic rings. The Balaban J connectivity index is 1.80. The van der Waals surface area contributed by atoms with Crippen LogP contribution in [0.5, 0.6) is 0 Å². The molecule has 1 atom stereocenters. The van der Waals surface area contributed by atoms with Gasteiger partial charge in [0.15, 0.2) is 0 Å². The van der Waals surface area contributed by atoms with Gasteiger partial charge < -0.3 is 5.32 Å². The number of halogens is 1. The summed E-state index contributed by atoms with van der Waals surface area (Å²) in [5.74, 6) is -0.132. The van der Waals surface area contributed by atoms with E-state index in [9.17, 15) is 4.79 Å². The molecule has 0 fully saturated rings. The number of pyridine rings is 1. The van der Waals surface area contributed by atoms with Crippen LogP contribution in [-0.4, -0.2) is 10.9 Å². The molecular weight excluding hydrogens is 380 g/mol. The van der Waals surface area contributed by atoms with E-state index in [0.717, 1.165) is 27.6 Å². The minimum atomic E-state index is -0.132. The molecule has 0 aliphatic heterocycles. The first-order valence-corrected chi connectivity index (χ1v) is 9.93. The number of benzene rings is 3. The quantitative estimate of drug-likeness (QED) is 0.433. The number of carbonyl (C=O) groups is 1. The lowest BCUT2D eigenvalue weighted by molar-refractivity contribution is 0.0941. The van der Waals surface area contributed by atoms with E-state index >= 15 is 0 Å². The smallest absolute Gasteiger partial charge is 0.252 e. The van der Waals surface area contributed by atoms with Crippen LogP contribution in [0.15, 0.2) is 78.9 Å². The van der Waals surface area contributed by atoms with E-state index in [1.807, 2.05) is 92.7 Å². The largest absolute Gasteiger partial charge is 0.345 e. The fraction of sp³-hybridized carbons (Fsp3) is 0.120. The van der Waals surface area contributed by atoms with Crippen LogP contribution in [0.4, 0.5) is 0 Å². The van der Waals surface area contributed by atoms with Crippen molar-refractivity contribution in [3.05, 3.63) is 101 Å². The van der Waals surface area contributed by atoms with Crippen molar-refractivity contribution in [2.24, 2.45) is 0 Å². The third-order valence-electron chi connectivity index (χ3n) is 5.01. The van der Waals surface area contributed by atoms with Crippen LogP contribution in [0.3, 0.4) is 0 Å². The highest BCUT2D eigenvalue weighted by atomic mass is 35.5. The van der Waals surface area contributed by atoms with E-state index in [-0.39, 0.29) is 11.9 Å².